The number of anilines is 1. The first-order valence-electron chi connectivity index (χ1n) is 9.38. The maximum Gasteiger partial charge on any atom is 0.272 e. The monoisotopic (exact) mass is 484 g/mol. The second kappa shape index (κ2) is 8.01. The van der Waals surface area contributed by atoms with Gasteiger partial charge in [-0.05, 0) is 71.8 Å². The van der Waals surface area contributed by atoms with Gasteiger partial charge >= 0.3 is 0 Å². The van der Waals surface area contributed by atoms with Crippen molar-refractivity contribution in [3.63, 3.8) is 0 Å². The lowest BCUT2D eigenvalue weighted by molar-refractivity contribution is 0.603. The summed E-state index contributed by atoms with van der Waals surface area (Å²) in [5.41, 5.74) is 3.76. The summed E-state index contributed by atoms with van der Waals surface area (Å²) >= 11 is 6.83. The molecule has 0 amide bonds. The molecule has 1 aromatic carbocycles. The van der Waals surface area contributed by atoms with Crippen molar-refractivity contribution in [3.8, 4) is 22.4 Å². The van der Waals surface area contributed by atoms with Crippen LogP contribution in [0.1, 0.15) is 0 Å². The zero-order chi connectivity index (χ0) is 22.3. The molecule has 5 aromatic rings. The highest BCUT2D eigenvalue weighted by molar-refractivity contribution is 7.94. The Morgan fingerprint density at radius 3 is 2.38 bits per heavy atom. The van der Waals surface area contributed by atoms with Crippen LogP contribution in [-0.2, 0) is 10.0 Å². The molecule has 0 aliphatic heterocycles. The molecule has 10 heteroatoms. The summed E-state index contributed by atoms with van der Waals surface area (Å²) in [7, 11) is -3.82. The second-order valence-electron chi connectivity index (χ2n) is 6.87. The minimum atomic E-state index is -3.82. The normalized spacial score (nSPS) is 11.7. The number of hydrogen-bond acceptors (Lipinski definition) is 5. The van der Waals surface area contributed by atoms with E-state index in [9.17, 15) is 12.8 Å². The molecular weight excluding hydrogens is 471 g/mol. The molecule has 0 fully saturated rings. The Kier molecular flexibility index (Phi) is 5.16. The summed E-state index contributed by atoms with van der Waals surface area (Å²) in [5.74, 6) is -0.172. The number of H-pyrrole nitrogens is 1. The van der Waals surface area contributed by atoms with E-state index in [0.29, 0.717) is 9.98 Å². The van der Waals surface area contributed by atoms with E-state index in [-0.39, 0.29) is 15.8 Å². The number of fused-ring (bicyclic) bond motifs is 1. The number of sulfonamides is 1. The van der Waals surface area contributed by atoms with Crippen LogP contribution in [0.2, 0.25) is 4.34 Å². The Morgan fingerprint density at radius 1 is 0.938 bits per heavy atom. The van der Waals surface area contributed by atoms with Crippen molar-refractivity contribution in [1.82, 2.24) is 15.0 Å². The summed E-state index contributed by atoms with van der Waals surface area (Å²) in [5, 5.41) is 0.789. The molecule has 0 radical (unpaired) electrons. The molecule has 0 bridgehead atoms. The van der Waals surface area contributed by atoms with Crippen LogP contribution in [-0.4, -0.2) is 23.4 Å². The molecule has 5 rings (SSSR count). The first-order chi connectivity index (χ1) is 15.4. The molecule has 160 valence electrons. The Morgan fingerprint density at radius 2 is 1.69 bits per heavy atom. The van der Waals surface area contributed by atoms with Crippen molar-refractivity contribution in [2.24, 2.45) is 0 Å². The van der Waals surface area contributed by atoms with Crippen molar-refractivity contribution in [2.45, 2.75) is 4.21 Å². The highest BCUT2D eigenvalue weighted by Crippen LogP contribution is 2.38. The van der Waals surface area contributed by atoms with E-state index in [1.165, 1.54) is 24.3 Å². The zero-order valence-electron chi connectivity index (χ0n) is 16.2. The maximum atomic E-state index is 13.5. The fraction of sp³-hybridized carbons (Fsp3) is 0. The molecular formula is C22H14ClFN4O2S2. The van der Waals surface area contributed by atoms with E-state index in [2.05, 4.69) is 19.7 Å². The molecule has 32 heavy (non-hydrogen) atoms. The standard InChI is InChI=1S/C22H14ClFN4O2S2/c23-17-6-8-19(31-17)32(29,30)28-18-7-5-16-20(13-9-11-25-12-10-13)21(27-22(16)26-18)14-1-3-15(24)4-2-14/h1-12H,(H2,26,27,28). The lowest BCUT2D eigenvalue weighted by atomic mass is 10.00. The van der Waals surface area contributed by atoms with Crippen LogP contribution in [0.25, 0.3) is 33.4 Å². The third-order valence-electron chi connectivity index (χ3n) is 4.81. The Hall–Kier alpha value is -3.27. The van der Waals surface area contributed by atoms with Gasteiger partial charge < -0.3 is 4.98 Å². The molecule has 0 saturated carbocycles. The smallest absolute Gasteiger partial charge is 0.272 e. The van der Waals surface area contributed by atoms with Crippen LogP contribution in [0.15, 0.2) is 77.3 Å². The molecule has 0 saturated heterocycles. The predicted molar refractivity (Wildman–Crippen MR) is 125 cm³/mol. The van der Waals surface area contributed by atoms with E-state index < -0.39 is 10.0 Å². The molecule has 0 unspecified atom stereocenters. The number of aromatic amines is 1. The number of nitrogens with zero attached hydrogens (tertiary/aromatic N) is 2. The number of pyridine rings is 2. The number of rotatable bonds is 5. The summed E-state index contributed by atoms with van der Waals surface area (Å²) in [6.45, 7) is 0. The Labute approximate surface area is 191 Å². The fourth-order valence-corrected chi connectivity index (χ4v) is 5.89. The number of nitrogens with one attached hydrogen (secondary N) is 2. The van der Waals surface area contributed by atoms with Crippen molar-refractivity contribution in [1.29, 1.82) is 0 Å². The predicted octanol–water partition coefficient (Wildman–Crippen LogP) is 5.95. The van der Waals surface area contributed by atoms with E-state index in [0.717, 1.165) is 39.1 Å². The molecule has 2 N–H and O–H groups in total. The quantitative estimate of drug-likeness (QED) is 0.323. The topological polar surface area (TPSA) is 87.7 Å². The molecule has 0 aliphatic rings. The number of aromatic nitrogens is 3. The van der Waals surface area contributed by atoms with Crippen molar-refractivity contribution < 1.29 is 12.8 Å². The maximum absolute atomic E-state index is 13.5. The largest absolute Gasteiger partial charge is 0.339 e. The second-order valence-corrected chi connectivity index (χ2v) is 10.5. The first-order valence-corrected chi connectivity index (χ1v) is 12.1. The summed E-state index contributed by atoms with van der Waals surface area (Å²) in [6, 6.07) is 16.2. The molecule has 0 atom stereocenters. The SMILES string of the molecule is O=S(=O)(Nc1ccc2c(-c3ccncc3)c(-c3ccc(F)cc3)[nH]c2n1)c1ccc(Cl)s1. The highest BCUT2D eigenvalue weighted by Gasteiger charge is 2.20. The van der Waals surface area contributed by atoms with Gasteiger partial charge in [0.15, 0.2) is 0 Å². The zero-order valence-corrected chi connectivity index (χ0v) is 18.6. The minimum Gasteiger partial charge on any atom is -0.339 e. The van der Waals surface area contributed by atoms with Crippen LogP contribution < -0.4 is 4.72 Å². The molecule has 4 aromatic heterocycles. The number of thiophene rings is 1. The molecule has 6 nitrogen and oxygen atoms in total. The van der Waals surface area contributed by atoms with E-state index in [1.807, 2.05) is 12.1 Å². The van der Waals surface area contributed by atoms with Crippen LogP contribution >= 0.6 is 22.9 Å². The summed E-state index contributed by atoms with van der Waals surface area (Å²) < 4.78 is 41.7. The van der Waals surface area contributed by atoms with Crippen LogP contribution in [0.3, 0.4) is 0 Å². The van der Waals surface area contributed by atoms with Gasteiger partial charge in [0.1, 0.15) is 21.5 Å². The average Bonchev–Trinajstić information content (AvgIpc) is 3.38. The van der Waals surface area contributed by atoms with Crippen molar-refractivity contribution in [2.75, 3.05) is 4.72 Å². The van der Waals surface area contributed by atoms with Crippen molar-refractivity contribution in [3.05, 3.63) is 83.2 Å². The molecule has 0 spiro atoms. The van der Waals surface area contributed by atoms with Gasteiger partial charge in [-0.1, -0.05) is 11.6 Å². The number of benzene rings is 1. The van der Waals surface area contributed by atoms with Gasteiger partial charge in [-0.2, -0.15) is 0 Å². The fourth-order valence-electron chi connectivity index (χ4n) is 3.41. The third-order valence-corrected chi connectivity index (χ3v) is 7.89. The van der Waals surface area contributed by atoms with Gasteiger partial charge in [0.25, 0.3) is 10.0 Å². The van der Waals surface area contributed by atoms with Gasteiger partial charge in [0, 0.05) is 23.3 Å². The lowest BCUT2D eigenvalue weighted by Gasteiger charge is -2.06. The van der Waals surface area contributed by atoms with E-state index in [4.69, 9.17) is 11.6 Å². The van der Waals surface area contributed by atoms with Crippen LogP contribution in [0.4, 0.5) is 10.2 Å². The lowest BCUT2D eigenvalue weighted by Crippen LogP contribution is -2.12. The van der Waals surface area contributed by atoms with E-state index in [1.54, 1.807) is 36.7 Å². The number of hydrogen-bond donors (Lipinski definition) is 2. The van der Waals surface area contributed by atoms with Crippen LogP contribution in [0.5, 0.6) is 0 Å². The molecule has 4 heterocycles. The van der Waals surface area contributed by atoms with Gasteiger partial charge in [-0.25, -0.2) is 17.8 Å². The van der Waals surface area contributed by atoms with Crippen LogP contribution in [0, 0.1) is 5.82 Å². The number of halogens is 2. The Balaban J connectivity index is 1.63. The van der Waals surface area contributed by atoms with Gasteiger partial charge in [-0.3, -0.25) is 9.71 Å². The average molecular weight is 485 g/mol. The van der Waals surface area contributed by atoms with Gasteiger partial charge in [0.05, 0.1) is 10.0 Å². The van der Waals surface area contributed by atoms with Gasteiger partial charge in [0.2, 0.25) is 0 Å². The minimum absolute atomic E-state index is 0.0976. The van der Waals surface area contributed by atoms with Gasteiger partial charge in [-0.15, -0.1) is 11.3 Å². The first kappa shape index (κ1) is 20.6. The Bertz CT molecular complexity index is 1530. The van der Waals surface area contributed by atoms with E-state index >= 15 is 0 Å². The van der Waals surface area contributed by atoms with Crippen molar-refractivity contribution >= 4 is 49.8 Å². The molecule has 0 aliphatic carbocycles. The highest BCUT2D eigenvalue weighted by atomic mass is 35.5. The summed E-state index contributed by atoms with van der Waals surface area (Å²) in [6.07, 6.45) is 3.37. The third kappa shape index (κ3) is 3.86. The summed E-state index contributed by atoms with van der Waals surface area (Å²) in [4.78, 5) is 11.8.